The summed E-state index contributed by atoms with van der Waals surface area (Å²) in [4.78, 5) is 0. The molecular formula is C24H43FO. The van der Waals surface area contributed by atoms with Crippen molar-refractivity contribution in [2.24, 2.45) is 23.7 Å². The molecule has 0 spiro atoms. The zero-order valence-corrected chi connectivity index (χ0v) is 18.2. The first-order valence-corrected chi connectivity index (χ1v) is 10.7. The Labute approximate surface area is 162 Å². The number of aliphatic hydroxyl groups excluding tert-OH is 1. The van der Waals surface area contributed by atoms with Crippen LogP contribution in [0.3, 0.4) is 0 Å². The van der Waals surface area contributed by atoms with Gasteiger partial charge in [0.1, 0.15) is 12.1 Å². The fraction of sp³-hybridized carbons (Fsp3) is 0.750. The topological polar surface area (TPSA) is 20.2 Å². The van der Waals surface area contributed by atoms with Crippen LogP contribution in [0, 0.1) is 23.7 Å². The molecule has 2 heteroatoms. The van der Waals surface area contributed by atoms with Crippen molar-refractivity contribution >= 4 is 0 Å². The van der Waals surface area contributed by atoms with Crippen LogP contribution >= 0.6 is 0 Å². The van der Waals surface area contributed by atoms with Crippen LogP contribution < -0.4 is 0 Å². The van der Waals surface area contributed by atoms with Crippen LogP contribution in [0.15, 0.2) is 35.9 Å². The molecule has 0 aliphatic heterocycles. The second-order valence-electron chi connectivity index (χ2n) is 8.18. The van der Waals surface area contributed by atoms with E-state index in [1.165, 1.54) is 31.8 Å². The summed E-state index contributed by atoms with van der Waals surface area (Å²) in [5, 5.41) is 8.65. The summed E-state index contributed by atoms with van der Waals surface area (Å²) in [6.45, 7) is 16.0. The molecule has 0 radical (unpaired) electrons. The molecule has 2 aliphatic carbocycles. The van der Waals surface area contributed by atoms with Crippen LogP contribution in [0.4, 0.5) is 4.39 Å². The smallest absolute Gasteiger partial charge is 0.144 e. The Morgan fingerprint density at radius 2 is 1.19 bits per heavy atom. The predicted molar refractivity (Wildman–Crippen MR) is 114 cm³/mol. The number of allylic oxidation sites excluding steroid dienone is 3. The van der Waals surface area contributed by atoms with Crippen LogP contribution in [0.5, 0.6) is 0 Å². The van der Waals surface area contributed by atoms with E-state index in [1.54, 1.807) is 39.5 Å². The first-order chi connectivity index (χ1) is 12.3. The molecule has 0 aromatic heterocycles. The summed E-state index contributed by atoms with van der Waals surface area (Å²) < 4.78 is 11.5. The van der Waals surface area contributed by atoms with E-state index in [0.29, 0.717) is 0 Å². The lowest BCUT2D eigenvalue weighted by Gasteiger charge is -2.36. The Hall–Kier alpha value is -1.05. The second kappa shape index (κ2) is 14.1. The van der Waals surface area contributed by atoms with Gasteiger partial charge in [-0.25, -0.2) is 4.39 Å². The highest BCUT2D eigenvalue weighted by Gasteiger charge is 2.28. The summed E-state index contributed by atoms with van der Waals surface area (Å²) in [5.74, 6) is 3.89. The van der Waals surface area contributed by atoms with Gasteiger partial charge in [0, 0.05) is 0 Å². The third-order valence-electron chi connectivity index (χ3n) is 5.94. The van der Waals surface area contributed by atoms with E-state index >= 15 is 0 Å². The van der Waals surface area contributed by atoms with Crippen molar-refractivity contribution < 1.29 is 9.50 Å². The lowest BCUT2D eigenvalue weighted by molar-refractivity contribution is 0.155. The van der Waals surface area contributed by atoms with Crippen LogP contribution in [-0.4, -0.2) is 5.11 Å². The largest absolute Gasteiger partial charge is 0.506 e. The molecule has 0 unspecified atom stereocenters. The van der Waals surface area contributed by atoms with Crippen molar-refractivity contribution in [3.8, 4) is 0 Å². The Balaban J connectivity index is 0.000000464. The Kier molecular flexibility index (Phi) is 13.5. The molecule has 0 atom stereocenters. The molecule has 0 amide bonds. The molecular weight excluding hydrogens is 323 g/mol. The van der Waals surface area contributed by atoms with E-state index in [4.69, 9.17) is 5.11 Å². The van der Waals surface area contributed by atoms with Gasteiger partial charge in [0.15, 0.2) is 0 Å². The van der Waals surface area contributed by atoms with Crippen LogP contribution in [0.2, 0.25) is 0 Å². The lowest BCUT2D eigenvalue weighted by atomic mass is 9.70. The Morgan fingerprint density at radius 1 is 0.846 bits per heavy atom. The van der Waals surface area contributed by atoms with Gasteiger partial charge in [-0.2, -0.15) is 0 Å². The van der Waals surface area contributed by atoms with Crippen molar-refractivity contribution in [2.75, 3.05) is 0 Å². The minimum atomic E-state index is -0.375. The Bertz CT molecular complexity index is 413. The van der Waals surface area contributed by atoms with Crippen molar-refractivity contribution in [3.63, 3.8) is 0 Å². The predicted octanol–water partition coefficient (Wildman–Crippen LogP) is 8.54. The summed E-state index contributed by atoms with van der Waals surface area (Å²) in [6.07, 6.45) is 13.7. The summed E-state index contributed by atoms with van der Waals surface area (Å²) in [5.41, 5.74) is 1.58. The molecule has 1 nitrogen and oxygen atoms in total. The highest BCUT2D eigenvalue weighted by atomic mass is 19.1. The molecule has 0 bridgehead atoms. The van der Waals surface area contributed by atoms with E-state index in [1.807, 2.05) is 13.8 Å². The molecule has 2 saturated carbocycles. The number of rotatable bonds is 3. The van der Waals surface area contributed by atoms with Gasteiger partial charge in [0.25, 0.3) is 0 Å². The molecule has 2 aliphatic rings. The lowest BCUT2D eigenvalue weighted by Crippen LogP contribution is -2.24. The highest BCUT2D eigenvalue weighted by molar-refractivity contribution is 5.29. The van der Waals surface area contributed by atoms with E-state index in [9.17, 15) is 4.39 Å². The maximum atomic E-state index is 11.5. The van der Waals surface area contributed by atoms with Gasteiger partial charge in [0.2, 0.25) is 0 Å². The minimum absolute atomic E-state index is 0.145. The monoisotopic (exact) mass is 366 g/mol. The van der Waals surface area contributed by atoms with Gasteiger partial charge in [-0.05, 0) is 74.9 Å². The van der Waals surface area contributed by atoms with Gasteiger partial charge < -0.3 is 5.11 Å². The minimum Gasteiger partial charge on any atom is -0.506 e. The first-order valence-electron chi connectivity index (χ1n) is 10.7. The van der Waals surface area contributed by atoms with Crippen molar-refractivity contribution in [1.29, 1.82) is 0 Å². The Morgan fingerprint density at radius 3 is 1.46 bits per heavy atom. The van der Waals surface area contributed by atoms with Crippen molar-refractivity contribution in [3.05, 3.63) is 35.9 Å². The molecule has 0 heterocycles. The second-order valence-corrected chi connectivity index (χ2v) is 8.18. The molecule has 0 aromatic carbocycles. The zero-order valence-electron chi connectivity index (χ0n) is 18.2. The molecule has 0 saturated heterocycles. The third kappa shape index (κ3) is 10.2. The molecule has 2 rings (SSSR count). The highest BCUT2D eigenvalue weighted by Crippen LogP contribution is 2.40. The van der Waals surface area contributed by atoms with Gasteiger partial charge in [-0.3, -0.25) is 0 Å². The average molecular weight is 367 g/mol. The van der Waals surface area contributed by atoms with Gasteiger partial charge >= 0.3 is 0 Å². The molecule has 152 valence electrons. The molecule has 0 aromatic rings. The molecule has 2 fully saturated rings. The summed E-state index contributed by atoms with van der Waals surface area (Å²) in [7, 11) is 0. The third-order valence-corrected chi connectivity index (χ3v) is 5.94. The van der Waals surface area contributed by atoms with E-state index in [2.05, 4.69) is 20.4 Å². The molecule has 1 N–H and O–H groups in total. The maximum absolute atomic E-state index is 11.5. The van der Waals surface area contributed by atoms with Crippen LogP contribution in [0.1, 0.15) is 92.9 Å². The average Bonchev–Trinajstić information content (AvgIpc) is 2.65. The maximum Gasteiger partial charge on any atom is 0.144 e. The fourth-order valence-corrected chi connectivity index (χ4v) is 3.89. The number of hydrogen-bond donors (Lipinski definition) is 1. The van der Waals surface area contributed by atoms with Crippen molar-refractivity contribution in [1.82, 2.24) is 0 Å². The number of hydrogen-bond acceptors (Lipinski definition) is 1. The number of halogens is 1. The number of aliphatic hydroxyl groups is 1. The van der Waals surface area contributed by atoms with Crippen LogP contribution in [-0.2, 0) is 0 Å². The fourth-order valence-electron chi connectivity index (χ4n) is 3.89. The quantitative estimate of drug-likeness (QED) is 0.392. The first kappa shape index (κ1) is 24.9. The van der Waals surface area contributed by atoms with Crippen molar-refractivity contribution in [2.45, 2.75) is 92.9 Å². The van der Waals surface area contributed by atoms with E-state index in [-0.39, 0.29) is 12.1 Å². The van der Waals surface area contributed by atoms with E-state index < -0.39 is 0 Å². The zero-order chi connectivity index (χ0) is 20.1. The normalized spacial score (nSPS) is 29.7. The summed E-state index contributed by atoms with van der Waals surface area (Å²) in [6, 6.07) is 0. The molecule has 26 heavy (non-hydrogen) atoms. The van der Waals surface area contributed by atoms with Gasteiger partial charge in [0.05, 0.1) is 0 Å². The van der Waals surface area contributed by atoms with Gasteiger partial charge in [-0.15, -0.1) is 0 Å². The SMILES string of the molecule is C=C(C)/C(C)=C\C(O)=C/F.CC.CC1CCC(C2CCC(C)CC2)CC1. The van der Waals surface area contributed by atoms with Gasteiger partial charge in [-0.1, -0.05) is 65.5 Å². The standard InChI is InChI=1S/C14H26.C8H11FO.C2H6/c1-11-3-7-13(8-4-11)14-9-5-12(2)6-10-14;1-6(2)7(3)4-8(10)5-9;1-2/h11-14H,3-10H2,1-2H3;4-5,10H,1H2,2-3H3;1-2H3/b;7-4-,8-5+;. The van der Waals surface area contributed by atoms with Crippen LogP contribution in [0.25, 0.3) is 0 Å². The summed E-state index contributed by atoms with van der Waals surface area (Å²) >= 11 is 0. The van der Waals surface area contributed by atoms with E-state index in [0.717, 1.165) is 34.8 Å².